The monoisotopic (exact) mass is 386 g/mol. The van der Waals surface area contributed by atoms with Gasteiger partial charge < -0.3 is 9.55 Å². The summed E-state index contributed by atoms with van der Waals surface area (Å²) in [5.41, 5.74) is 4.00. The molecule has 0 amide bonds. The van der Waals surface area contributed by atoms with E-state index in [4.69, 9.17) is 9.97 Å². The molecule has 4 aromatic heterocycles. The molecule has 3 fully saturated rings. The fourth-order valence-corrected chi connectivity index (χ4v) is 5.97. The molecule has 0 aromatic carbocycles. The number of nitrogens with one attached hydrogen (secondary N) is 1. The molecule has 148 valence electrons. The van der Waals surface area contributed by atoms with Gasteiger partial charge in [-0.25, -0.2) is 19.9 Å². The Balaban J connectivity index is 1.48. The SMILES string of the molecule is C[C@H]1C2CCC(CC2)[C@@H]1Cc1nc(-c2c[nH]c3ncncc23)nc2c1ccn2C. The highest BCUT2D eigenvalue weighted by Gasteiger charge is 2.41. The van der Waals surface area contributed by atoms with Gasteiger partial charge in [-0.15, -0.1) is 0 Å². The fraction of sp³-hybridized carbons (Fsp3) is 0.478. The van der Waals surface area contributed by atoms with Gasteiger partial charge >= 0.3 is 0 Å². The highest BCUT2D eigenvalue weighted by atomic mass is 15.0. The van der Waals surface area contributed by atoms with Crippen LogP contribution in [0.5, 0.6) is 0 Å². The molecule has 3 aliphatic rings. The first-order valence-electron chi connectivity index (χ1n) is 10.8. The van der Waals surface area contributed by atoms with Crippen LogP contribution in [-0.2, 0) is 13.5 Å². The molecule has 7 rings (SSSR count). The van der Waals surface area contributed by atoms with Crippen LogP contribution in [0, 0.1) is 23.7 Å². The van der Waals surface area contributed by atoms with Crippen molar-refractivity contribution >= 4 is 22.1 Å². The Kier molecular flexibility index (Phi) is 3.76. The van der Waals surface area contributed by atoms with Gasteiger partial charge in [-0.2, -0.15) is 0 Å². The van der Waals surface area contributed by atoms with E-state index in [0.29, 0.717) is 0 Å². The van der Waals surface area contributed by atoms with Gasteiger partial charge in [0.2, 0.25) is 0 Å². The minimum atomic E-state index is 0.736. The van der Waals surface area contributed by atoms with Gasteiger partial charge in [-0.3, -0.25) is 0 Å². The van der Waals surface area contributed by atoms with Crippen molar-refractivity contribution in [3.05, 3.63) is 36.7 Å². The number of aromatic amines is 1. The number of H-pyrrole nitrogens is 1. The number of aromatic nitrogens is 6. The lowest BCUT2D eigenvalue weighted by molar-refractivity contribution is 0.0341. The van der Waals surface area contributed by atoms with E-state index in [1.807, 2.05) is 12.4 Å². The van der Waals surface area contributed by atoms with Gasteiger partial charge in [0.05, 0.1) is 5.69 Å². The van der Waals surface area contributed by atoms with Crippen LogP contribution in [0.25, 0.3) is 33.5 Å². The summed E-state index contributed by atoms with van der Waals surface area (Å²) >= 11 is 0. The zero-order chi connectivity index (χ0) is 19.5. The fourth-order valence-electron chi connectivity index (χ4n) is 5.97. The van der Waals surface area contributed by atoms with E-state index >= 15 is 0 Å². The summed E-state index contributed by atoms with van der Waals surface area (Å²) in [5.74, 6) is 4.06. The van der Waals surface area contributed by atoms with Gasteiger partial charge in [0.15, 0.2) is 5.82 Å². The van der Waals surface area contributed by atoms with Crippen LogP contribution in [0.3, 0.4) is 0 Å². The summed E-state index contributed by atoms with van der Waals surface area (Å²) in [5, 5.41) is 2.16. The van der Waals surface area contributed by atoms with Crippen molar-refractivity contribution in [3.8, 4) is 11.4 Å². The van der Waals surface area contributed by atoms with Crippen molar-refractivity contribution in [1.82, 2.24) is 29.5 Å². The molecule has 0 aliphatic heterocycles. The largest absolute Gasteiger partial charge is 0.345 e. The molecule has 0 unspecified atom stereocenters. The van der Waals surface area contributed by atoms with Crippen LogP contribution in [0.4, 0.5) is 0 Å². The van der Waals surface area contributed by atoms with Gasteiger partial charge in [0.25, 0.3) is 0 Å². The van der Waals surface area contributed by atoms with Crippen molar-refractivity contribution in [3.63, 3.8) is 0 Å². The maximum absolute atomic E-state index is 5.12. The van der Waals surface area contributed by atoms with Crippen LogP contribution in [0.1, 0.15) is 38.3 Å². The van der Waals surface area contributed by atoms with Crippen LogP contribution in [0.15, 0.2) is 31.0 Å². The first-order valence-corrected chi connectivity index (χ1v) is 10.8. The number of fused-ring (bicyclic) bond motifs is 5. The lowest BCUT2D eigenvalue weighted by Crippen LogP contribution is -2.39. The molecule has 6 nitrogen and oxygen atoms in total. The van der Waals surface area contributed by atoms with Crippen LogP contribution >= 0.6 is 0 Å². The lowest BCUT2D eigenvalue weighted by atomic mass is 9.58. The Hall–Kier alpha value is -2.76. The van der Waals surface area contributed by atoms with E-state index in [2.05, 4.69) is 45.8 Å². The smallest absolute Gasteiger partial charge is 0.164 e. The first-order chi connectivity index (χ1) is 14.2. The summed E-state index contributed by atoms with van der Waals surface area (Å²) in [4.78, 5) is 21.8. The maximum Gasteiger partial charge on any atom is 0.164 e. The second-order valence-corrected chi connectivity index (χ2v) is 9.05. The van der Waals surface area contributed by atoms with Crippen LogP contribution in [0.2, 0.25) is 0 Å². The van der Waals surface area contributed by atoms with E-state index in [0.717, 1.165) is 58.2 Å². The molecule has 6 heteroatoms. The first kappa shape index (κ1) is 17.1. The molecule has 2 bridgehead atoms. The molecule has 0 radical (unpaired) electrons. The van der Waals surface area contributed by atoms with Crippen LogP contribution in [-0.4, -0.2) is 29.5 Å². The minimum absolute atomic E-state index is 0.736. The van der Waals surface area contributed by atoms with Gasteiger partial charge in [0, 0.05) is 42.0 Å². The number of nitrogens with zero attached hydrogens (tertiary/aromatic N) is 5. The molecule has 4 aromatic rings. The Bertz CT molecular complexity index is 1190. The summed E-state index contributed by atoms with van der Waals surface area (Å²) < 4.78 is 2.10. The molecule has 3 aliphatic carbocycles. The highest BCUT2D eigenvalue weighted by Crippen LogP contribution is 2.50. The second kappa shape index (κ2) is 6.37. The van der Waals surface area contributed by atoms with Gasteiger partial charge in [-0.1, -0.05) is 6.92 Å². The number of hydrogen-bond donors (Lipinski definition) is 1. The zero-order valence-corrected chi connectivity index (χ0v) is 17.0. The normalized spacial score (nSPS) is 26.6. The third-order valence-corrected chi connectivity index (χ3v) is 7.67. The maximum atomic E-state index is 5.12. The summed E-state index contributed by atoms with van der Waals surface area (Å²) in [6.45, 7) is 2.47. The summed E-state index contributed by atoms with van der Waals surface area (Å²) in [6, 6.07) is 2.18. The molecule has 1 N–H and O–H groups in total. The molecule has 0 spiro atoms. The van der Waals surface area contributed by atoms with Crippen molar-refractivity contribution in [2.75, 3.05) is 0 Å². The number of aryl methyl sites for hydroxylation is 1. The third kappa shape index (κ3) is 2.61. The van der Waals surface area contributed by atoms with Crippen molar-refractivity contribution in [1.29, 1.82) is 0 Å². The van der Waals surface area contributed by atoms with Crippen molar-refractivity contribution in [2.24, 2.45) is 30.7 Å². The molecule has 29 heavy (non-hydrogen) atoms. The molecule has 0 saturated heterocycles. The van der Waals surface area contributed by atoms with Gasteiger partial charge in [-0.05, 0) is 61.8 Å². The standard InChI is InChI=1S/C23H26N6/c1-13-14-3-5-15(6-4-14)17(13)9-20-16-7-8-29(2)23(16)28-22(27-20)19-11-25-21-18(19)10-24-12-26-21/h7-8,10-15,17H,3-6,9H2,1-2H3,(H,24,25,26)/t13-,14?,15?,17+/m0/s1. The second-order valence-electron chi connectivity index (χ2n) is 9.05. The van der Waals surface area contributed by atoms with E-state index in [1.165, 1.54) is 36.8 Å². The highest BCUT2D eigenvalue weighted by molar-refractivity contribution is 5.92. The van der Waals surface area contributed by atoms with E-state index in [-0.39, 0.29) is 0 Å². The summed E-state index contributed by atoms with van der Waals surface area (Å²) in [6.07, 6.45) is 14.2. The molecule has 4 heterocycles. The lowest BCUT2D eigenvalue weighted by Gasteiger charge is -2.47. The topological polar surface area (TPSA) is 72.3 Å². The number of hydrogen-bond acceptors (Lipinski definition) is 4. The molecule has 2 atom stereocenters. The molecule has 3 saturated carbocycles. The third-order valence-electron chi connectivity index (χ3n) is 7.67. The van der Waals surface area contributed by atoms with Crippen molar-refractivity contribution in [2.45, 2.75) is 39.0 Å². The Morgan fingerprint density at radius 2 is 1.93 bits per heavy atom. The Morgan fingerprint density at radius 3 is 2.76 bits per heavy atom. The molecular formula is C23H26N6. The molecular weight excluding hydrogens is 360 g/mol. The minimum Gasteiger partial charge on any atom is -0.345 e. The predicted molar refractivity (Wildman–Crippen MR) is 113 cm³/mol. The summed E-state index contributed by atoms with van der Waals surface area (Å²) in [7, 11) is 2.06. The van der Waals surface area contributed by atoms with Crippen LogP contribution < -0.4 is 0 Å². The number of rotatable bonds is 3. The van der Waals surface area contributed by atoms with E-state index in [9.17, 15) is 0 Å². The average Bonchev–Trinajstić information content (AvgIpc) is 3.35. The van der Waals surface area contributed by atoms with Crippen molar-refractivity contribution < 1.29 is 0 Å². The van der Waals surface area contributed by atoms with E-state index in [1.54, 1.807) is 6.33 Å². The predicted octanol–water partition coefficient (Wildman–Crippen LogP) is 4.52. The van der Waals surface area contributed by atoms with Gasteiger partial charge in [0.1, 0.15) is 17.6 Å². The van der Waals surface area contributed by atoms with E-state index < -0.39 is 0 Å². The zero-order valence-electron chi connectivity index (χ0n) is 17.0. The quantitative estimate of drug-likeness (QED) is 0.562. The Labute approximate surface area is 169 Å². The Morgan fingerprint density at radius 1 is 1.10 bits per heavy atom. The average molecular weight is 387 g/mol.